The largest absolute Gasteiger partial charge is 0.476 e. The number of hydrogen-bond acceptors (Lipinski definition) is 3. The van der Waals surface area contributed by atoms with Crippen LogP contribution in [0.4, 0.5) is 0 Å². The van der Waals surface area contributed by atoms with Crippen LogP contribution >= 0.6 is 22.6 Å². The normalized spacial score (nSPS) is 10.1. The molecule has 0 saturated heterocycles. The fraction of sp³-hybridized carbons (Fsp3) is 0.167. The van der Waals surface area contributed by atoms with Gasteiger partial charge in [-0.15, -0.1) is 0 Å². The maximum atomic E-state index is 8.51. The highest BCUT2D eigenvalue weighted by Gasteiger charge is 2.06. The number of halogens is 1. The minimum atomic E-state index is 0.0469. The van der Waals surface area contributed by atoms with Gasteiger partial charge in [0.15, 0.2) is 6.61 Å². The Hall–Kier alpha value is -1.35. The van der Waals surface area contributed by atoms with Crippen molar-refractivity contribution in [1.29, 1.82) is 5.26 Å². The molecule has 0 fully saturated rings. The summed E-state index contributed by atoms with van der Waals surface area (Å²) < 4.78 is 6.48. The molecule has 0 unspecified atom stereocenters. The molecule has 1 aromatic heterocycles. The van der Waals surface area contributed by atoms with Crippen LogP contribution in [0.1, 0.15) is 5.69 Å². The van der Waals surface area contributed by atoms with Gasteiger partial charge in [0.05, 0.1) is 0 Å². The summed E-state index contributed by atoms with van der Waals surface area (Å²) in [5, 5.41) is 9.57. The first-order valence-electron chi connectivity index (χ1n) is 4.78. The van der Waals surface area contributed by atoms with Crippen LogP contribution in [0.5, 0.6) is 5.75 Å². The van der Waals surface area contributed by atoms with Crippen molar-refractivity contribution in [1.82, 2.24) is 4.98 Å². The summed E-state index contributed by atoms with van der Waals surface area (Å²) >= 11 is 2.26. The van der Waals surface area contributed by atoms with Crippen LogP contribution in [0.15, 0.2) is 24.3 Å². The molecule has 2 rings (SSSR count). The molecule has 0 radical (unpaired) electrons. The van der Waals surface area contributed by atoms with Crippen molar-refractivity contribution in [3.05, 3.63) is 33.5 Å². The van der Waals surface area contributed by atoms with Gasteiger partial charge in [-0.05, 0) is 53.8 Å². The smallest absolute Gasteiger partial charge is 0.174 e. The van der Waals surface area contributed by atoms with Gasteiger partial charge in [-0.1, -0.05) is 0 Å². The molecule has 0 aliphatic carbocycles. The van der Waals surface area contributed by atoms with Crippen molar-refractivity contribution in [2.75, 3.05) is 6.61 Å². The number of fused-ring (bicyclic) bond motifs is 1. The first-order valence-corrected chi connectivity index (χ1v) is 5.86. The van der Waals surface area contributed by atoms with Crippen molar-refractivity contribution < 1.29 is 4.74 Å². The van der Waals surface area contributed by atoms with Crippen molar-refractivity contribution in [3.8, 4) is 11.8 Å². The molecule has 0 N–H and O–H groups in total. The zero-order valence-corrected chi connectivity index (χ0v) is 10.9. The average Bonchev–Trinajstić information content (AvgIpc) is 2.28. The molecule has 0 amide bonds. The first kappa shape index (κ1) is 11.1. The summed E-state index contributed by atoms with van der Waals surface area (Å²) in [6.45, 7) is 1.98. The molecule has 0 aliphatic rings. The summed E-state index contributed by atoms with van der Waals surface area (Å²) in [6.07, 6.45) is 0. The van der Waals surface area contributed by atoms with Crippen LogP contribution in [0.3, 0.4) is 0 Å². The predicted molar refractivity (Wildman–Crippen MR) is 70.3 cm³/mol. The molecule has 1 heterocycles. The Morgan fingerprint density at radius 2 is 2.19 bits per heavy atom. The monoisotopic (exact) mass is 324 g/mol. The SMILES string of the molecule is Cc1ccc2c(I)ccc(OCC#N)c2n1. The Balaban J connectivity index is 2.62. The second-order valence-corrected chi connectivity index (χ2v) is 4.50. The second kappa shape index (κ2) is 4.66. The lowest BCUT2D eigenvalue weighted by Gasteiger charge is -2.07. The summed E-state index contributed by atoms with van der Waals surface area (Å²) in [4.78, 5) is 4.45. The third kappa shape index (κ3) is 2.09. The molecule has 0 atom stereocenters. The molecule has 4 heteroatoms. The van der Waals surface area contributed by atoms with E-state index in [1.165, 1.54) is 0 Å². The van der Waals surface area contributed by atoms with Crippen LogP contribution in [-0.2, 0) is 0 Å². The van der Waals surface area contributed by atoms with Crippen molar-refractivity contribution in [3.63, 3.8) is 0 Å². The molecule has 1 aromatic carbocycles. The fourth-order valence-electron chi connectivity index (χ4n) is 1.48. The summed E-state index contributed by atoms with van der Waals surface area (Å²) in [5.41, 5.74) is 1.76. The maximum absolute atomic E-state index is 8.51. The summed E-state index contributed by atoms with van der Waals surface area (Å²) in [6, 6.07) is 9.78. The highest BCUT2D eigenvalue weighted by atomic mass is 127. The molecular formula is C12H9IN2O. The fourth-order valence-corrected chi connectivity index (χ4v) is 2.10. The van der Waals surface area contributed by atoms with Crippen molar-refractivity contribution >= 4 is 33.5 Å². The van der Waals surface area contributed by atoms with Gasteiger partial charge in [0, 0.05) is 14.7 Å². The Morgan fingerprint density at radius 1 is 1.38 bits per heavy atom. The molecule has 2 aromatic rings. The van der Waals surface area contributed by atoms with Crippen LogP contribution in [0.25, 0.3) is 10.9 Å². The standard InChI is InChI=1S/C12H9IN2O/c1-8-2-3-9-10(13)4-5-11(12(9)15-8)16-7-6-14/h2-5H,7H2,1H3. The van der Waals surface area contributed by atoms with Crippen molar-refractivity contribution in [2.45, 2.75) is 6.92 Å². The number of nitriles is 1. The van der Waals surface area contributed by atoms with Crippen LogP contribution in [0, 0.1) is 21.8 Å². The Bertz CT molecular complexity index is 575. The minimum absolute atomic E-state index is 0.0469. The molecular weight excluding hydrogens is 315 g/mol. The van der Waals surface area contributed by atoms with Gasteiger partial charge in [-0.25, -0.2) is 4.98 Å². The van der Waals surface area contributed by atoms with Gasteiger partial charge in [-0.2, -0.15) is 5.26 Å². The maximum Gasteiger partial charge on any atom is 0.174 e. The zero-order valence-electron chi connectivity index (χ0n) is 8.70. The van der Waals surface area contributed by atoms with Gasteiger partial charge in [0.25, 0.3) is 0 Å². The molecule has 3 nitrogen and oxygen atoms in total. The number of ether oxygens (including phenoxy) is 1. The van der Waals surface area contributed by atoms with Gasteiger partial charge < -0.3 is 4.74 Å². The van der Waals surface area contributed by atoms with Gasteiger partial charge in [0.1, 0.15) is 17.3 Å². The predicted octanol–water partition coefficient (Wildman–Crippen LogP) is 3.05. The van der Waals surface area contributed by atoms with E-state index < -0.39 is 0 Å². The second-order valence-electron chi connectivity index (χ2n) is 3.34. The van der Waals surface area contributed by atoms with Crippen LogP contribution < -0.4 is 4.74 Å². The van der Waals surface area contributed by atoms with E-state index in [4.69, 9.17) is 10.00 Å². The number of nitrogens with zero attached hydrogens (tertiary/aromatic N) is 2. The first-order chi connectivity index (χ1) is 7.72. The lowest BCUT2D eigenvalue weighted by molar-refractivity contribution is 0.372. The van der Waals surface area contributed by atoms with Crippen LogP contribution in [-0.4, -0.2) is 11.6 Å². The molecule has 16 heavy (non-hydrogen) atoms. The van der Waals surface area contributed by atoms with E-state index in [2.05, 4.69) is 27.6 Å². The average molecular weight is 324 g/mol. The van der Waals surface area contributed by atoms with E-state index in [9.17, 15) is 0 Å². The third-order valence-electron chi connectivity index (χ3n) is 2.20. The number of hydrogen-bond donors (Lipinski definition) is 0. The van der Waals surface area contributed by atoms with Gasteiger partial charge >= 0.3 is 0 Å². The Kier molecular flexibility index (Phi) is 3.25. The van der Waals surface area contributed by atoms with E-state index in [0.29, 0.717) is 5.75 Å². The minimum Gasteiger partial charge on any atom is -0.476 e. The van der Waals surface area contributed by atoms with E-state index in [-0.39, 0.29) is 6.61 Å². The number of pyridine rings is 1. The zero-order chi connectivity index (χ0) is 11.5. The third-order valence-corrected chi connectivity index (χ3v) is 3.14. The Labute approximate surface area is 107 Å². The van der Waals surface area contributed by atoms with Crippen LogP contribution in [0.2, 0.25) is 0 Å². The van der Waals surface area contributed by atoms with Gasteiger partial charge in [0.2, 0.25) is 0 Å². The van der Waals surface area contributed by atoms with Crippen molar-refractivity contribution in [2.24, 2.45) is 0 Å². The van der Waals surface area contributed by atoms with Gasteiger partial charge in [-0.3, -0.25) is 0 Å². The lowest BCUT2D eigenvalue weighted by atomic mass is 10.2. The Morgan fingerprint density at radius 3 is 2.94 bits per heavy atom. The highest BCUT2D eigenvalue weighted by Crippen LogP contribution is 2.28. The molecule has 0 spiro atoms. The molecule has 0 aliphatic heterocycles. The number of benzene rings is 1. The van der Waals surface area contributed by atoms with E-state index >= 15 is 0 Å². The van der Waals surface area contributed by atoms with E-state index in [1.807, 2.05) is 37.3 Å². The topological polar surface area (TPSA) is 45.9 Å². The highest BCUT2D eigenvalue weighted by molar-refractivity contribution is 14.1. The quantitative estimate of drug-likeness (QED) is 0.798. The summed E-state index contributed by atoms with van der Waals surface area (Å²) in [7, 11) is 0. The lowest BCUT2D eigenvalue weighted by Crippen LogP contribution is -1.96. The molecule has 0 saturated carbocycles. The molecule has 80 valence electrons. The molecule has 0 bridgehead atoms. The number of aryl methyl sites for hydroxylation is 1. The van der Waals surface area contributed by atoms with E-state index in [1.54, 1.807) is 0 Å². The number of rotatable bonds is 2. The number of aromatic nitrogens is 1. The van der Waals surface area contributed by atoms with E-state index in [0.717, 1.165) is 20.2 Å². The summed E-state index contributed by atoms with van der Waals surface area (Å²) in [5.74, 6) is 0.667.